The Hall–Kier alpha value is -1.18. The van der Waals surface area contributed by atoms with Crippen LogP contribution in [0.1, 0.15) is 40.0 Å². The van der Waals surface area contributed by atoms with Gasteiger partial charge in [-0.1, -0.05) is 25.5 Å². The third-order valence-electron chi connectivity index (χ3n) is 3.45. The Labute approximate surface area is 104 Å². The van der Waals surface area contributed by atoms with E-state index in [-0.39, 0.29) is 6.10 Å². The molecule has 0 aromatic heterocycles. The van der Waals surface area contributed by atoms with Gasteiger partial charge in [-0.15, -0.1) is 0 Å². The number of nitrogens with one attached hydrogen (secondary N) is 1. The Morgan fingerprint density at radius 3 is 2.65 bits per heavy atom. The second kappa shape index (κ2) is 5.44. The van der Waals surface area contributed by atoms with E-state index in [0.29, 0.717) is 6.04 Å². The summed E-state index contributed by atoms with van der Waals surface area (Å²) in [6, 6.07) is 8.85. The highest BCUT2D eigenvalue weighted by molar-refractivity contribution is 5.57. The lowest BCUT2D eigenvalue weighted by atomic mass is 10.1. The Morgan fingerprint density at radius 2 is 2.00 bits per heavy atom. The van der Waals surface area contributed by atoms with Crippen molar-refractivity contribution in [1.82, 2.24) is 0 Å². The van der Waals surface area contributed by atoms with E-state index in [4.69, 9.17) is 4.74 Å². The molecular weight excluding hydrogens is 210 g/mol. The summed E-state index contributed by atoms with van der Waals surface area (Å²) in [6.45, 7) is 6.46. The summed E-state index contributed by atoms with van der Waals surface area (Å²) in [5, 5.41) is 3.64. The maximum absolute atomic E-state index is 5.83. The number of rotatable bonds is 4. The van der Waals surface area contributed by atoms with E-state index < -0.39 is 0 Å². The second-order valence-electron chi connectivity index (χ2n) is 5.32. The van der Waals surface area contributed by atoms with Gasteiger partial charge in [0.2, 0.25) is 0 Å². The van der Waals surface area contributed by atoms with E-state index in [1.54, 1.807) is 0 Å². The molecule has 0 amide bonds. The lowest BCUT2D eigenvalue weighted by Crippen LogP contribution is -2.22. The van der Waals surface area contributed by atoms with Gasteiger partial charge in [-0.25, -0.2) is 0 Å². The fraction of sp³-hybridized carbons (Fsp3) is 0.600. The van der Waals surface area contributed by atoms with Gasteiger partial charge in [0, 0.05) is 6.04 Å². The van der Waals surface area contributed by atoms with Crippen molar-refractivity contribution in [3.8, 4) is 5.75 Å². The van der Waals surface area contributed by atoms with Crippen LogP contribution in [0.4, 0.5) is 5.69 Å². The number of hydrogen-bond donors (Lipinski definition) is 1. The largest absolute Gasteiger partial charge is 0.489 e. The van der Waals surface area contributed by atoms with Crippen LogP contribution in [-0.2, 0) is 0 Å². The van der Waals surface area contributed by atoms with Gasteiger partial charge in [-0.2, -0.15) is 0 Å². The molecule has 0 saturated heterocycles. The van der Waals surface area contributed by atoms with Crippen LogP contribution in [0.3, 0.4) is 0 Å². The normalized spacial score (nSPS) is 24.0. The van der Waals surface area contributed by atoms with Crippen LogP contribution < -0.4 is 10.1 Å². The van der Waals surface area contributed by atoms with E-state index >= 15 is 0 Å². The van der Waals surface area contributed by atoms with Gasteiger partial charge in [0.05, 0.1) is 11.8 Å². The van der Waals surface area contributed by atoms with E-state index in [0.717, 1.165) is 17.4 Å². The van der Waals surface area contributed by atoms with Crippen molar-refractivity contribution in [2.24, 2.45) is 5.92 Å². The van der Waals surface area contributed by atoms with Crippen LogP contribution in [0.2, 0.25) is 0 Å². The van der Waals surface area contributed by atoms with Gasteiger partial charge >= 0.3 is 0 Å². The molecule has 0 heterocycles. The summed E-state index contributed by atoms with van der Waals surface area (Å²) in [6.07, 6.45) is 4.17. The Bertz CT molecular complexity index is 362. The summed E-state index contributed by atoms with van der Waals surface area (Å²) in [7, 11) is 0. The zero-order valence-corrected chi connectivity index (χ0v) is 11.1. The van der Waals surface area contributed by atoms with Gasteiger partial charge in [0.1, 0.15) is 5.75 Å². The maximum Gasteiger partial charge on any atom is 0.142 e. The predicted molar refractivity (Wildman–Crippen MR) is 72.6 cm³/mol. The molecule has 17 heavy (non-hydrogen) atoms. The third-order valence-corrected chi connectivity index (χ3v) is 3.45. The first-order valence-corrected chi connectivity index (χ1v) is 6.69. The average molecular weight is 233 g/mol. The van der Waals surface area contributed by atoms with Crippen LogP contribution in [-0.4, -0.2) is 12.1 Å². The zero-order chi connectivity index (χ0) is 12.3. The molecule has 1 N–H and O–H groups in total. The first kappa shape index (κ1) is 12.3. The van der Waals surface area contributed by atoms with Crippen LogP contribution in [0.25, 0.3) is 0 Å². The van der Waals surface area contributed by atoms with E-state index in [1.807, 2.05) is 12.1 Å². The van der Waals surface area contributed by atoms with Gasteiger partial charge in [0.15, 0.2) is 0 Å². The highest BCUT2D eigenvalue weighted by Crippen LogP contribution is 2.32. The smallest absolute Gasteiger partial charge is 0.142 e. The average Bonchev–Trinajstić information content (AvgIpc) is 2.67. The Morgan fingerprint density at radius 1 is 1.24 bits per heavy atom. The number of para-hydroxylation sites is 2. The number of ether oxygens (including phenoxy) is 1. The molecule has 1 fully saturated rings. The maximum atomic E-state index is 5.83. The quantitative estimate of drug-likeness (QED) is 0.846. The van der Waals surface area contributed by atoms with Crippen LogP contribution in [0, 0.1) is 5.92 Å². The number of hydrogen-bond acceptors (Lipinski definition) is 2. The van der Waals surface area contributed by atoms with E-state index in [9.17, 15) is 0 Å². The molecule has 1 saturated carbocycles. The molecule has 2 unspecified atom stereocenters. The minimum Gasteiger partial charge on any atom is -0.489 e. The van der Waals surface area contributed by atoms with Crippen LogP contribution in [0.5, 0.6) is 5.75 Å². The second-order valence-corrected chi connectivity index (χ2v) is 5.32. The molecule has 1 aromatic carbocycles. The molecule has 0 spiro atoms. The van der Waals surface area contributed by atoms with Gasteiger partial charge in [-0.05, 0) is 44.7 Å². The van der Waals surface area contributed by atoms with Crippen molar-refractivity contribution in [3.63, 3.8) is 0 Å². The number of benzene rings is 1. The molecule has 1 aliphatic rings. The SMILES string of the molecule is CC(C)Oc1ccccc1NC1CCCC1C. The van der Waals surface area contributed by atoms with Crippen molar-refractivity contribution in [2.75, 3.05) is 5.32 Å². The van der Waals surface area contributed by atoms with Gasteiger partial charge in [0.25, 0.3) is 0 Å². The Balaban J connectivity index is 2.09. The van der Waals surface area contributed by atoms with Crippen molar-refractivity contribution in [3.05, 3.63) is 24.3 Å². The monoisotopic (exact) mass is 233 g/mol. The molecule has 0 aliphatic heterocycles. The summed E-state index contributed by atoms with van der Waals surface area (Å²) in [5.74, 6) is 1.74. The lowest BCUT2D eigenvalue weighted by molar-refractivity contribution is 0.243. The predicted octanol–water partition coefficient (Wildman–Crippen LogP) is 4.07. The molecule has 94 valence electrons. The van der Waals surface area contributed by atoms with Gasteiger partial charge in [-0.3, -0.25) is 0 Å². The molecule has 1 aromatic rings. The van der Waals surface area contributed by atoms with E-state index in [2.05, 4.69) is 38.2 Å². The third kappa shape index (κ3) is 3.15. The number of anilines is 1. The summed E-state index contributed by atoms with van der Waals surface area (Å²) < 4.78 is 5.83. The molecule has 0 bridgehead atoms. The Kier molecular flexibility index (Phi) is 3.93. The van der Waals surface area contributed by atoms with Crippen LogP contribution >= 0.6 is 0 Å². The first-order valence-electron chi connectivity index (χ1n) is 6.69. The van der Waals surface area contributed by atoms with Crippen LogP contribution in [0.15, 0.2) is 24.3 Å². The molecule has 2 heteroatoms. The molecule has 2 rings (SSSR count). The highest BCUT2D eigenvalue weighted by atomic mass is 16.5. The van der Waals surface area contributed by atoms with Gasteiger partial charge < -0.3 is 10.1 Å². The standard InChI is InChI=1S/C15H23NO/c1-11(2)17-15-10-5-4-8-14(15)16-13-9-6-7-12(13)3/h4-5,8,10-13,16H,6-7,9H2,1-3H3. The molecular formula is C15H23NO. The molecule has 2 nitrogen and oxygen atoms in total. The van der Waals surface area contributed by atoms with Crippen molar-refractivity contribution in [2.45, 2.75) is 52.2 Å². The minimum atomic E-state index is 0.221. The van der Waals surface area contributed by atoms with Crippen molar-refractivity contribution < 1.29 is 4.74 Å². The topological polar surface area (TPSA) is 21.3 Å². The summed E-state index contributed by atoms with van der Waals surface area (Å²) in [4.78, 5) is 0. The van der Waals surface area contributed by atoms with Crippen molar-refractivity contribution in [1.29, 1.82) is 0 Å². The van der Waals surface area contributed by atoms with Crippen molar-refractivity contribution >= 4 is 5.69 Å². The molecule has 1 aliphatic carbocycles. The fourth-order valence-electron chi connectivity index (χ4n) is 2.50. The summed E-state index contributed by atoms with van der Waals surface area (Å²) in [5.41, 5.74) is 1.14. The summed E-state index contributed by atoms with van der Waals surface area (Å²) >= 11 is 0. The highest BCUT2D eigenvalue weighted by Gasteiger charge is 2.23. The van der Waals surface area contributed by atoms with E-state index in [1.165, 1.54) is 19.3 Å². The molecule has 2 atom stereocenters. The first-order chi connectivity index (χ1) is 8.16. The minimum absolute atomic E-state index is 0.221. The zero-order valence-electron chi connectivity index (χ0n) is 11.1. The molecule has 0 radical (unpaired) electrons. The fourth-order valence-corrected chi connectivity index (χ4v) is 2.50. The lowest BCUT2D eigenvalue weighted by Gasteiger charge is -2.21.